The maximum Gasteiger partial charge on any atom is 0.410 e. The molecule has 5 aromatic rings. The molecule has 3 atom stereocenters. The van der Waals surface area contributed by atoms with Crippen LogP contribution in [0.2, 0.25) is 15.1 Å². The smallest absolute Gasteiger partial charge is 0.410 e. The maximum absolute atomic E-state index is 14.5. The van der Waals surface area contributed by atoms with Crippen molar-refractivity contribution in [2.75, 3.05) is 39.5 Å². The Balaban J connectivity index is 1.08. The molecule has 9 rings (SSSR count). The molecule has 3 saturated heterocycles. The van der Waals surface area contributed by atoms with Gasteiger partial charge in [0, 0.05) is 62.8 Å². The van der Waals surface area contributed by atoms with Crippen molar-refractivity contribution in [2.45, 2.75) is 43.4 Å². The predicted molar refractivity (Wildman–Crippen MR) is 197 cm³/mol. The van der Waals surface area contributed by atoms with E-state index in [1.165, 1.54) is 0 Å². The molecule has 0 spiro atoms. The molecule has 2 amide bonds. The number of amides is 2. The lowest BCUT2D eigenvalue weighted by atomic mass is 9.87. The fraction of sp³-hybridized carbons (Fsp3) is 0.342. The number of benzene rings is 3. The van der Waals surface area contributed by atoms with Gasteiger partial charge in [-0.1, -0.05) is 71.2 Å². The van der Waals surface area contributed by atoms with Crippen LogP contribution in [0.1, 0.15) is 46.9 Å². The lowest BCUT2D eigenvalue weighted by molar-refractivity contribution is 0.0290. The fourth-order valence-electron chi connectivity index (χ4n) is 8.46. The molecule has 4 aliphatic heterocycles. The highest BCUT2D eigenvalue weighted by Crippen LogP contribution is 2.50. The number of piperidine rings is 1. The molecule has 3 fully saturated rings. The van der Waals surface area contributed by atoms with Crippen LogP contribution in [-0.4, -0.2) is 93.9 Å². The maximum atomic E-state index is 14.5. The standard InChI is InChI=1S/C38H35Cl3N6O4/c39-22-7-8-25(27(41)16-22)35-26-15-23(40)17-28-31(26)32(36-33(42-20-47(35)36)21-5-2-1-3-6-21)34(43-28)37(48)44-29-18-50-19-30(29)45-12-9-24(10-13-45)46-11-4-14-51-38(46)49/h1-3,5-8,15-17,20,24,29-30,35,43H,4,9-14,18-19H2,(H,44,48)/t29?,30-,35?/m1/s1. The van der Waals surface area contributed by atoms with Gasteiger partial charge >= 0.3 is 6.09 Å². The number of cyclic esters (lactones) is 1. The number of likely N-dealkylation sites (tertiary alicyclic amines) is 1. The third-order valence-electron chi connectivity index (χ3n) is 10.8. The van der Waals surface area contributed by atoms with Gasteiger partial charge in [-0.25, -0.2) is 9.78 Å². The van der Waals surface area contributed by atoms with Crippen molar-refractivity contribution >= 4 is 57.7 Å². The molecule has 13 heteroatoms. The van der Waals surface area contributed by atoms with Crippen molar-refractivity contribution in [3.05, 3.63) is 98.9 Å². The number of fused-ring (bicyclic) bond motifs is 2. The molecule has 10 nitrogen and oxygen atoms in total. The molecule has 0 aliphatic carbocycles. The second-order valence-electron chi connectivity index (χ2n) is 13.7. The fourth-order valence-corrected chi connectivity index (χ4v) is 9.20. The number of carbonyl (C=O) groups excluding carboxylic acids is 2. The normalized spacial score (nSPS) is 22.3. The van der Waals surface area contributed by atoms with Gasteiger partial charge < -0.3 is 29.2 Å². The molecule has 6 heterocycles. The summed E-state index contributed by atoms with van der Waals surface area (Å²) in [6.45, 7) is 3.79. The van der Waals surface area contributed by atoms with Crippen LogP contribution in [0.4, 0.5) is 4.79 Å². The molecule has 4 aliphatic rings. The summed E-state index contributed by atoms with van der Waals surface area (Å²) in [4.78, 5) is 39.6. The average Bonchev–Trinajstić information content (AvgIpc) is 3.87. The van der Waals surface area contributed by atoms with Crippen LogP contribution in [-0.2, 0) is 9.47 Å². The van der Waals surface area contributed by atoms with Crippen LogP contribution in [0.25, 0.3) is 33.4 Å². The predicted octanol–water partition coefficient (Wildman–Crippen LogP) is 7.41. The topological polar surface area (TPSA) is 105 Å². The Hall–Kier alpha value is -4.06. The number of nitrogens with one attached hydrogen (secondary N) is 2. The molecule has 262 valence electrons. The first kappa shape index (κ1) is 32.8. The van der Waals surface area contributed by atoms with Gasteiger partial charge in [-0.15, -0.1) is 0 Å². The Bertz CT molecular complexity index is 2160. The third-order valence-corrected chi connectivity index (χ3v) is 11.6. The number of halogens is 3. The number of rotatable bonds is 6. The van der Waals surface area contributed by atoms with Crippen molar-refractivity contribution in [1.29, 1.82) is 0 Å². The zero-order chi connectivity index (χ0) is 34.8. The van der Waals surface area contributed by atoms with Crippen LogP contribution >= 0.6 is 34.8 Å². The Morgan fingerprint density at radius 2 is 1.76 bits per heavy atom. The van der Waals surface area contributed by atoms with Crippen molar-refractivity contribution in [1.82, 2.24) is 29.7 Å². The summed E-state index contributed by atoms with van der Waals surface area (Å²) in [5, 5.41) is 5.82. The van der Waals surface area contributed by atoms with E-state index in [1.54, 1.807) is 6.07 Å². The average molecular weight is 746 g/mol. The summed E-state index contributed by atoms with van der Waals surface area (Å²) in [6.07, 6.45) is 4.18. The molecular formula is C38H35Cl3N6O4. The summed E-state index contributed by atoms with van der Waals surface area (Å²) in [5.41, 5.74) is 6.17. The Morgan fingerprint density at radius 1 is 0.941 bits per heavy atom. The number of hydrogen-bond acceptors (Lipinski definition) is 6. The first-order valence-corrected chi connectivity index (χ1v) is 18.5. The summed E-state index contributed by atoms with van der Waals surface area (Å²) in [7, 11) is 0. The SMILES string of the molecule is O=C(NC1COC[C@H]1N1CCC(N2CCCOC2=O)CC1)c1[nH]c2cc(Cl)cc3c2c1-c1c(-c2ccccc2)ncn1C3c1ccc(Cl)cc1Cl. The van der Waals surface area contributed by atoms with E-state index in [0.29, 0.717) is 40.6 Å². The number of hydrogen-bond donors (Lipinski definition) is 2. The number of H-pyrrole nitrogens is 1. The van der Waals surface area contributed by atoms with E-state index < -0.39 is 0 Å². The molecule has 3 aromatic carbocycles. The Kier molecular flexibility index (Phi) is 8.47. The molecule has 51 heavy (non-hydrogen) atoms. The largest absolute Gasteiger partial charge is 0.449 e. The quantitative estimate of drug-likeness (QED) is 0.184. The second kappa shape index (κ2) is 13.2. The number of carbonyl (C=O) groups is 2. The van der Waals surface area contributed by atoms with Crippen molar-refractivity contribution < 1.29 is 19.1 Å². The lowest BCUT2D eigenvalue weighted by Crippen LogP contribution is -2.56. The van der Waals surface area contributed by atoms with Crippen LogP contribution in [0.5, 0.6) is 0 Å². The van der Waals surface area contributed by atoms with E-state index in [2.05, 4.69) is 19.8 Å². The number of nitrogens with zero attached hydrogens (tertiary/aromatic N) is 4. The van der Waals surface area contributed by atoms with E-state index in [0.717, 1.165) is 83.4 Å². The Labute approximate surface area is 309 Å². The molecule has 0 saturated carbocycles. The van der Waals surface area contributed by atoms with Gasteiger partial charge in [-0.05, 0) is 54.7 Å². The van der Waals surface area contributed by atoms with Gasteiger partial charge in [-0.2, -0.15) is 0 Å². The minimum atomic E-state index is -0.377. The number of aromatic amines is 1. The van der Waals surface area contributed by atoms with Gasteiger partial charge in [0.25, 0.3) is 5.91 Å². The van der Waals surface area contributed by atoms with E-state index in [-0.39, 0.29) is 36.2 Å². The van der Waals surface area contributed by atoms with Crippen LogP contribution in [0.3, 0.4) is 0 Å². The first-order valence-electron chi connectivity index (χ1n) is 17.3. The minimum absolute atomic E-state index is 0.00998. The molecule has 0 bridgehead atoms. The highest BCUT2D eigenvalue weighted by molar-refractivity contribution is 6.35. The van der Waals surface area contributed by atoms with Gasteiger partial charge in [0.1, 0.15) is 5.69 Å². The van der Waals surface area contributed by atoms with E-state index in [9.17, 15) is 9.59 Å². The zero-order valence-corrected chi connectivity index (χ0v) is 29.8. The van der Waals surface area contributed by atoms with E-state index in [1.807, 2.05) is 65.8 Å². The highest BCUT2D eigenvalue weighted by atomic mass is 35.5. The van der Waals surface area contributed by atoms with Crippen LogP contribution < -0.4 is 5.32 Å². The van der Waals surface area contributed by atoms with Gasteiger partial charge in [0.05, 0.1) is 55.7 Å². The number of ether oxygens (including phenoxy) is 2. The zero-order valence-electron chi connectivity index (χ0n) is 27.6. The van der Waals surface area contributed by atoms with Crippen LogP contribution in [0, 0.1) is 0 Å². The van der Waals surface area contributed by atoms with E-state index in [4.69, 9.17) is 49.3 Å². The summed E-state index contributed by atoms with van der Waals surface area (Å²) in [6, 6.07) is 18.8. The summed E-state index contributed by atoms with van der Waals surface area (Å²) < 4.78 is 13.4. The Morgan fingerprint density at radius 3 is 2.55 bits per heavy atom. The first-order chi connectivity index (χ1) is 24.9. The molecular weight excluding hydrogens is 711 g/mol. The lowest BCUT2D eigenvalue weighted by Gasteiger charge is -2.42. The highest BCUT2D eigenvalue weighted by Gasteiger charge is 2.41. The minimum Gasteiger partial charge on any atom is -0.449 e. The van der Waals surface area contributed by atoms with Crippen molar-refractivity contribution in [3.8, 4) is 22.5 Å². The second-order valence-corrected chi connectivity index (χ2v) is 15.0. The monoisotopic (exact) mass is 744 g/mol. The number of imidazole rings is 1. The van der Waals surface area contributed by atoms with Crippen LogP contribution in [0.15, 0.2) is 67.0 Å². The number of aromatic nitrogens is 3. The molecule has 0 radical (unpaired) electrons. The summed E-state index contributed by atoms with van der Waals surface area (Å²) in [5.74, 6) is -0.232. The van der Waals surface area contributed by atoms with Crippen molar-refractivity contribution in [2.24, 2.45) is 0 Å². The summed E-state index contributed by atoms with van der Waals surface area (Å²) >= 11 is 20.0. The van der Waals surface area contributed by atoms with Gasteiger partial charge in [0.2, 0.25) is 0 Å². The van der Waals surface area contributed by atoms with Gasteiger partial charge in [0.15, 0.2) is 0 Å². The molecule has 2 unspecified atom stereocenters. The third kappa shape index (κ3) is 5.68. The van der Waals surface area contributed by atoms with Crippen molar-refractivity contribution in [3.63, 3.8) is 0 Å². The molecule has 2 aromatic heterocycles. The van der Waals surface area contributed by atoms with Gasteiger partial charge in [-0.3, -0.25) is 9.69 Å². The molecule has 2 N–H and O–H groups in total. The van der Waals surface area contributed by atoms with E-state index >= 15 is 0 Å².